The highest BCUT2D eigenvalue weighted by Gasteiger charge is 2.19. The molecule has 0 bridgehead atoms. The van der Waals surface area contributed by atoms with Crippen LogP contribution in [0, 0.1) is 10.1 Å². The molecule has 0 unspecified atom stereocenters. The number of unbranched alkanes of at least 4 members (excludes halogenated alkanes) is 1. The summed E-state index contributed by atoms with van der Waals surface area (Å²) < 4.78 is 0. The smallest absolute Gasteiger partial charge is 0.269 e. The van der Waals surface area contributed by atoms with Crippen molar-refractivity contribution in [3.05, 3.63) is 39.9 Å². The van der Waals surface area contributed by atoms with Crippen molar-refractivity contribution < 1.29 is 10.0 Å². The van der Waals surface area contributed by atoms with Gasteiger partial charge in [0, 0.05) is 38.3 Å². The van der Waals surface area contributed by atoms with E-state index in [4.69, 9.17) is 4.99 Å². The number of non-ortho nitro benzene ring substituents is 1. The molecule has 0 spiro atoms. The van der Waals surface area contributed by atoms with Gasteiger partial charge in [0.15, 0.2) is 5.96 Å². The monoisotopic (exact) mass is 476 g/mol. The van der Waals surface area contributed by atoms with Gasteiger partial charge in [-0.25, -0.2) is 0 Å². The quantitative estimate of drug-likeness (QED) is 0.158. The Morgan fingerprint density at radius 2 is 1.96 bits per heavy atom. The summed E-state index contributed by atoms with van der Waals surface area (Å²) in [5, 5.41) is 23.6. The first-order valence-electron chi connectivity index (χ1n) is 9.04. The van der Waals surface area contributed by atoms with E-state index < -0.39 is 0 Å². The van der Waals surface area contributed by atoms with Crippen LogP contribution in [0.15, 0.2) is 29.3 Å². The Morgan fingerprint density at radius 3 is 2.54 bits per heavy atom. The average molecular weight is 476 g/mol. The molecule has 0 saturated carbocycles. The van der Waals surface area contributed by atoms with Gasteiger partial charge in [0.2, 0.25) is 0 Å². The van der Waals surface area contributed by atoms with Gasteiger partial charge in [-0.1, -0.05) is 12.1 Å². The summed E-state index contributed by atoms with van der Waals surface area (Å²) in [4.78, 5) is 17.2. The van der Waals surface area contributed by atoms with Crippen molar-refractivity contribution in [3.8, 4) is 0 Å². The Hall–Kier alpha value is -1.42. The minimum Gasteiger partial charge on any atom is -0.393 e. The summed E-state index contributed by atoms with van der Waals surface area (Å²) in [6, 6.07) is 6.76. The van der Waals surface area contributed by atoms with Crippen molar-refractivity contribution in [2.24, 2.45) is 4.99 Å². The molecule has 1 aromatic carbocycles. The zero-order valence-electron chi connectivity index (χ0n) is 15.3. The summed E-state index contributed by atoms with van der Waals surface area (Å²) in [6.07, 6.45) is 4.29. The van der Waals surface area contributed by atoms with Crippen LogP contribution in [0.2, 0.25) is 0 Å². The second-order valence-electron chi connectivity index (χ2n) is 6.33. The van der Waals surface area contributed by atoms with Crippen molar-refractivity contribution in [3.63, 3.8) is 0 Å². The number of nitro benzene ring substituents is 1. The van der Waals surface area contributed by atoms with Gasteiger partial charge in [0.25, 0.3) is 5.69 Å². The highest BCUT2D eigenvalue weighted by molar-refractivity contribution is 14.0. The highest BCUT2D eigenvalue weighted by atomic mass is 127. The molecule has 2 rings (SSSR count). The number of benzene rings is 1. The van der Waals surface area contributed by atoms with Crippen LogP contribution in [0.3, 0.4) is 0 Å². The lowest BCUT2D eigenvalue weighted by Gasteiger charge is -2.32. The van der Waals surface area contributed by atoms with E-state index in [0.29, 0.717) is 0 Å². The van der Waals surface area contributed by atoms with E-state index in [-0.39, 0.29) is 40.7 Å². The Morgan fingerprint density at radius 1 is 1.31 bits per heavy atom. The summed E-state index contributed by atoms with van der Waals surface area (Å²) >= 11 is 0. The van der Waals surface area contributed by atoms with Crippen LogP contribution < -0.4 is 5.32 Å². The van der Waals surface area contributed by atoms with Crippen molar-refractivity contribution in [1.82, 2.24) is 10.2 Å². The van der Waals surface area contributed by atoms with Crippen LogP contribution in [0.1, 0.15) is 38.2 Å². The molecule has 1 aliphatic rings. The molecule has 146 valence electrons. The van der Waals surface area contributed by atoms with Gasteiger partial charge >= 0.3 is 0 Å². The van der Waals surface area contributed by atoms with Gasteiger partial charge in [-0.15, -0.1) is 24.0 Å². The first-order valence-corrected chi connectivity index (χ1v) is 9.04. The number of hydrogen-bond acceptors (Lipinski definition) is 4. The number of aliphatic hydroxyl groups is 1. The van der Waals surface area contributed by atoms with Gasteiger partial charge in [-0.3, -0.25) is 15.1 Å². The Balaban J connectivity index is 0.00000338. The first kappa shape index (κ1) is 22.6. The normalized spacial score (nSPS) is 15.5. The van der Waals surface area contributed by atoms with E-state index in [2.05, 4.69) is 17.1 Å². The van der Waals surface area contributed by atoms with Crippen molar-refractivity contribution >= 4 is 35.6 Å². The largest absolute Gasteiger partial charge is 0.393 e. The molecule has 0 radical (unpaired) electrons. The van der Waals surface area contributed by atoms with Gasteiger partial charge in [-0.2, -0.15) is 0 Å². The fourth-order valence-electron chi connectivity index (χ4n) is 2.91. The number of halogens is 1. The fraction of sp³-hybridized carbons (Fsp3) is 0.611. The van der Waals surface area contributed by atoms with Crippen LogP contribution >= 0.6 is 24.0 Å². The zero-order valence-corrected chi connectivity index (χ0v) is 17.6. The molecular weight excluding hydrogens is 447 g/mol. The van der Waals surface area contributed by atoms with Gasteiger partial charge in [-0.05, 0) is 44.6 Å². The molecule has 1 aliphatic heterocycles. The number of aryl methyl sites for hydroxylation is 1. The summed E-state index contributed by atoms with van der Waals surface area (Å²) in [5.41, 5.74) is 1.25. The molecule has 1 saturated heterocycles. The lowest BCUT2D eigenvalue weighted by Crippen LogP contribution is -2.46. The molecule has 1 fully saturated rings. The molecule has 0 aromatic heterocycles. The molecule has 1 heterocycles. The van der Waals surface area contributed by atoms with E-state index in [0.717, 1.165) is 69.8 Å². The third-order valence-electron chi connectivity index (χ3n) is 4.38. The number of nitro groups is 1. The molecule has 2 N–H and O–H groups in total. The summed E-state index contributed by atoms with van der Waals surface area (Å²) in [6.45, 7) is 5.34. The maximum Gasteiger partial charge on any atom is 0.269 e. The van der Waals surface area contributed by atoms with Crippen LogP contribution in [-0.2, 0) is 6.42 Å². The third-order valence-corrected chi connectivity index (χ3v) is 4.38. The molecule has 7 nitrogen and oxygen atoms in total. The molecule has 0 atom stereocenters. The van der Waals surface area contributed by atoms with Crippen molar-refractivity contribution in [2.75, 3.05) is 26.2 Å². The maximum atomic E-state index is 10.6. The number of nitrogens with zero attached hydrogens (tertiary/aromatic N) is 3. The topological polar surface area (TPSA) is 91.0 Å². The average Bonchev–Trinajstić information content (AvgIpc) is 2.61. The lowest BCUT2D eigenvalue weighted by atomic mass is 10.1. The number of hydrogen-bond donors (Lipinski definition) is 2. The van der Waals surface area contributed by atoms with E-state index in [1.54, 1.807) is 12.1 Å². The van der Waals surface area contributed by atoms with Crippen molar-refractivity contribution in [1.29, 1.82) is 0 Å². The maximum absolute atomic E-state index is 10.6. The minimum absolute atomic E-state index is 0. The van der Waals surface area contributed by atoms with Gasteiger partial charge in [0.05, 0.1) is 11.0 Å². The molecule has 1 aromatic rings. The number of rotatable bonds is 7. The molecule has 26 heavy (non-hydrogen) atoms. The predicted molar refractivity (Wildman–Crippen MR) is 114 cm³/mol. The number of guanidine groups is 1. The second-order valence-corrected chi connectivity index (χ2v) is 6.33. The highest BCUT2D eigenvalue weighted by Crippen LogP contribution is 2.14. The lowest BCUT2D eigenvalue weighted by molar-refractivity contribution is -0.384. The van der Waals surface area contributed by atoms with Gasteiger partial charge in [0.1, 0.15) is 0 Å². The minimum atomic E-state index is -0.375. The molecule has 0 aliphatic carbocycles. The second kappa shape index (κ2) is 12.1. The van der Waals surface area contributed by atoms with Crippen LogP contribution in [0.4, 0.5) is 5.69 Å². The first-order chi connectivity index (χ1) is 12.1. The summed E-state index contributed by atoms with van der Waals surface area (Å²) in [7, 11) is 0. The SMILES string of the molecule is CCNC(=NCCCCc1ccc([N+](=O)[O-])cc1)N1CCC(O)CC1.I. The number of aliphatic hydroxyl groups excluding tert-OH is 1. The number of likely N-dealkylation sites (tertiary alicyclic amines) is 1. The number of nitrogens with one attached hydrogen (secondary N) is 1. The zero-order chi connectivity index (χ0) is 18.1. The Kier molecular flexibility index (Phi) is 10.5. The summed E-state index contributed by atoms with van der Waals surface area (Å²) in [5.74, 6) is 0.935. The van der Waals surface area contributed by atoms with Crippen LogP contribution in [0.5, 0.6) is 0 Å². The predicted octanol–water partition coefficient (Wildman–Crippen LogP) is 2.96. The molecule has 0 amide bonds. The van der Waals surface area contributed by atoms with Crippen molar-refractivity contribution in [2.45, 2.75) is 45.1 Å². The molecule has 8 heteroatoms. The standard InChI is InChI=1S/C18H28N4O3.HI/c1-2-19-18(21-13-10-17(23)11-14-21)20-12-4-3-5-15-6-8-16(9-7-15)22(24)25;/h6-9,17,23H,2-5,10-14H2,1H3,(H,19,20);1H. The van der Waals surface area contributed by atoms with E-state index >= 15 is 0 Å². The van der Waals surface area contributed by atoms with E-state index in [9.17, 15) is 15.2 Å². The van der Waals surface area contributed by atoms with E-state index in [1.807, 2.05) is 12.1 Å². The Bertz CT molecular complexity index is 572. The number of piperidine rings is 1. The van der Waals surface area contributed by atoms with Crippen LogP contribution in [-0.4, -0.2) is 53.2 Å². The van der Waals surface area contributed by atoms with Crippen LogP contribution in [0.25, 0.3) is 0 Å². The number of aliphatic imine (C=N–C) groups is 1. The third kappa shape index (κ3) is 7.45. The Labute approximate surface area is 172 Å². The fourth-order valence-corrected chi connectivity index (χ4v) is 2.91. The van der Waals surface area contributed by atoms with Gasteiger partial charge < -0.3 is 15.3 Å². The molecular formula is C18H29IN4O3. The van der Waals surface area contributed by atoms with E-state index in [1.165, 1.54) is 0 Å².